The van der Waals surface area contributed by atoms with Crippen molar-refractivity contribution >= 4 is 27.3 Å². The lowest BCUT2D eigenvalue weighted by Crippen LogP contribution is -2.22. The molecular weight excluding hydrogens is 380 g/mol. The van der Waals surface area contributed by atoms with E-state index in [0.717, 1.165) is 46.8 Å². The van der Waals surface area contributed by atoms with Crippen LogP contribution in [-0.4, -0.2) is 20.9 Å². The van der Waals surface area contributed by atoms with E-state index in [0.29, 0.717) is 11.4 Å². The van der Waals surface area contributed by atoms with E-state index in [1.165, 1.54) is 0 Å². The number of aryl methyl sites for hydroxylation is 1. The smallest absolute Gasteiger partial charge is 0.169 e. The Labute approximate surface area is 155 Å². The summed E-state index contributed by atoms with van der Waals surface area (Å²) in [5.41, 5.74) is 3.28. The lowest BCUT2D eigenvalue weighted by atomic mass is 9.81. The molecule has 0 amide bonds. The first kappa shape index (κ1) is 16.5. The lowest BCUT2D eigenvalue weighted by Gasteiger charge is -2.23. The number of fused-ring (bicyclic) bond motifs is 2. The first-order valence-corrected chi connectivity index (χ1v) is 9.46. The summed E-state index contributed by atoms with van der Waals surface area (Å²) in [7, 11) is 0. The van der Waals surface area contributed by atoms with Crippen molar-refractivity contribution in [3.05, 3.63) is 52.0 Å². The maximum atomic E-state index is 12.9. The highest BCUT2D eigenvalue weighted by Gasteiger charge is 2.41. The van der Waals surface area contributed by atoms with Gasteiger partial charge in [0.1, 0.15) is 5.76 Å². The maximum Gasteiger partial charge on any atom is 0.169 e. The van der Waals surface area contributed by atoms with Gasteiger partial charge in [0.15, 0.2) is 11.6 Å². The van der Waals surface area contributed by atoms with Crippen LogP contribution >= 0.6 is 15.9 Å². The summed E-state index contributed by atoms with van der Waals surface area (Å²) in [5.74, 6) is 1.18. The van der Waals surface area contributed by atoms with Gasteiger partial charge >= 0.3 is 0 Å². The predicted octanol–water partition coefficient (Wildman–Crippen LogP) is 4.74. The molecule has 0 aliphatic heterocycles. The first-order valence-electron chi connectivity index (χ1n) is 8.67. The number of nitrogens with zero attached hydrogens (tertiary/aromatic N) is 2. The molecule has 1 N–H and O–H groups in total. The largest absolute Gasteiger partial charge is 0.511 e. The molecule has 1 fully saturated rings. The molecule has 1 saturated carbocycles. The number of ketones is 1. The molecule has 4 nitrogen and oxygen atoms in total. The Kier molecular flexibility index (Phi) is 4.20. The van der Waals surface area contributed by atoms with Gasteiger partial charge in [-0.25, -0.2) is 9.97 Å². The molecule has 1 aromatic heterocycles. The van der Waals surface area contributed by atoms with E-state index in [-0.39, 0.29) is 23.4 Å². The van der Waals surface area contributed by atoms with Crippen LogP contribution in [0.3, 0.4) is 0 Å². The molecule has 2 bridgehead atoms. The SMILES string of the molecule is CCc1ccc(-c2ncc(Br)cn2)cc1C1=C(O)[C@H]2CC[C@H](C2)C1=O. The zero-order valence-corrected chi connectivity index (χ0v) is 15.6. The van der Waals surface area contributed by atoms with Crippen molar-refractivity contribution in [3.8, 4) is 11.4 Å². The van der Waals surface area contributed by atoms with E-state index < -0.39 is 0 Å². The minimum absolute atomic E-state index is 0.0631. The van der Waals surface area contributed by atoms with Crippen molar-refractivity contribution in [3.63, 3.8) is 0 Å². The summed E-state index contributed by atoms with van der Waals surface area (Å²) in [6, 6.07) is 5.95. The van der Waals surface area contributed by atoms with Gasteiger partial charge < -0.3 is 5.11 Å². The van der Waals surface area contributed by atoms with Gasteiger partial charge in [-0.15, -0.1) is 0 Å². The summed E-state index contributed by atoms with van der Waals surface area (Å²) in [6.45, 7) is 2.06. The van der Waals surface area contributed by atoms with Gasteiger partial charge in [0.05, 0.1) is 10.0 Å². The monoisotopic (exact) mass is 398 g/mol. The summed E-state index contributed by atoms with van der Waals surface area (Å²) >= 11 is 3.34. The van der Waals surface area contributed by atoms with Gasteiger partial charge in [0, 0.05) is 29.8 Å². The zero-order chi connectivity index (χ0) is 17.6. The highest BCUT2D eigenvalue weighted by atomic mass is 79.9. The summed E-state index contributed by atoms with van der Waals surface area (Å²) in [4.78, 5) is 21.6. The Hall–Kier alpha value is -2.01. The average molecular weight is 399 g/mol. The molecule has 5 heteroatoms. The molecule has 1 heterocycles. The molecule has 2 atom stereocenters. The van der Waals surface area contributed by atoms with Crippen LogP contribution in [0, 0.1) is 11.8 Å². The van der Waals surface area contributed by atoms with E-state index in [9.17, 15) is 9.90 Å². The van der Waals surface area contributed by atoms with Crippen LogP contribution in [0.5, 0.6) is 0 Å². The number of benzene rings is 1. The van der Waals surface area contributed by atoms with E-state index in [1.54, 1.807) is 12.4 Å². The summed E-state index contributed by atoms with van der Waals surface area (Å²) in [6.07, 6.45) is 6.80. The van der Waals surface area contributed by atoms with Gasteiger partial charge in [0.25, 0.3) is 0 Å². The molecule has 0 unspecified atom stereocenters. The number of aliphatic hydroxyl groups is 1. The Balaban J connectivity index is 1.86. The van der Waals surface area contributed by atoms with E-state index in [4.69, 9.17) is 0 Å². The Morgan fingerprint density at radius 1 is 1.20 bits per heavy atom. The number of hydrogen-bond acceptors (Lipinski definition) is 4. The number of hydrogen-bond donors (Lipinski definition) is 1. The third-order valence-corrected chi connectivity index (χ3v) is 5.74. The van der Waals surface area contributed by atoms with Gasteiger partial charge in [-0.2, -0.15) is 0 Å². The Morgan fingerprint density at radius 3 is 2.64 bits per heavy atom. The van der Waals surface area contributed by atoms with Gasteiger partial charge in [-0.05, 0) is 58.8 Å². The van der Waals surface area contributed by atoms with Crippen molar-refractivity contribution < 1.29 is 9.90 Å². The number of rotatable bonds is 3. The van der Waals surface area contributed by atoms with Crippen LogP contribution < -0.4 is 0 Å². The van der Waals surface area contributed by atoms with Crippen molar-refractivity contribution in [1.82, 2.24) is 9.97 Å². The second-order valence-electron chi connectivity index (χ2n) is 6.78. The quantitative estimate of drug-likeness (QED) is 0.810. The standard InChI is InChI=1S/C20H19BrN2O2/c1-2-11-3-6-14(20-22-9-15(21)10-23-20)8-16(11)17-18(24)12-4-5-13(7-12)19(17)25/h3,6,8-10,12-13,24H,2,4-5,7H2,1H3/t12-,13+/m0/s1. The zero-order valence-electron chi connectivity index (χ0n) is 14.0. The normalized spacial score (nSPS) is 22.6. The number of aromatic nitrogens is 2. The van der Waals surface area contributed by atoms with Gasteiger partial charge in [0.2, 0.25) is 0 Å². The highest BCUT2D eigenvalue weighted by Crippen LogP contribution is 2.46. The van der Waals surface area contributed by atoms with Crippen LogP contribution in [0.25, 0.3) is 17.0 Å². The number of carbonyl (C=O) groups excluding carboxylic acids is 1. The third-order valence-electron chi connectivity index (χ3n) is 5.33. The molecule has 25 heavy (non-hydrogen) atoms. The van der Waals surface area contributed by atoms with E-state index in [1.807, 2.05) is 18.2 Å². The van der Waals surface area contributed by atoms with E-state index >= 15 is 0 Å². The first-order chi connectivity index (χ1) is 12.1. The Bertz CT molecular complexity index is 874. The predicted molar refractivity (Wildman–Crippen MR) is 99.9 cm³/mol. The summed E-state index contributed by atoms with van der Waals surface area (Å²) < 4.78 is 0.820. The lowest BCUT2D eigenvalue weighted by molar-refractivity contribution is -0.117. The van der Waals surface area contributed by atoms with Crippen LogP contribution in [-0.2, 0) is 11.2 Å². The molecule has 1 aromatic carbocycles. The number of aliphatic hydroxyl groups excluding tert-OH is 1. The number of allylic oxidation sites excluding steroid dienone is 2. The molecule has 0 spiro atoms. The van der Waals surface area contributed by atoms with Crippen molar-refractivity contribution in [1.29, 1.82) is 0 Å². The highest BCUT2D eigenvalue weighted by molar-refractivity contribution is 9.10. The minimum atomic E-state index is 0.0631. The number of carbonyl (C=O) groups is 1. The molecule has 2 aliphatic rings. The van der Waals surface area contributed by atoms with Crippen LogP contribution in [0.2, 0.25) is 0 Å². The molecule has 0 radical (unpaired) electrons. The van der Waals surface area contributed by atoms with Gasteiger partial charge in [-0.3, -0.25) is 4.79 Å². The van der Waals surface area contributed by atoms with Crippen molar-refractivity contribution in [2.24, 2.45) is 11.8 Å². The fourth-order valence-electron chi connectivity index (χ4n) is 3.99. The van der Waals surface area contributed by atoms with Crippen LogP contribution in [0.4, 0.5) is 0 Å². The molecule has 2 aromatic rings. The third kappa shape index (κ3) is 2.80. The number of Topliss-reactive ketones (excluding diaryl/α,β-unsaturated/α-hetero) is 1. The molecule has 0 saturated heterocycles. The molecule has 2 aliphatic carbocycles. The fourth-order valence-corrected chi connectivity index (χ4v) is 4.20. The maximum absolute atomic E-state index is 12.9. The molecule has 128 valence electrons. The molecule has 4 rings (SSSR count). The Morgan fingerprint density at radius 2 is 1.92 bits per heavy atom. The summed E-state index contributed by atoms with van der Waals surface area (Å²) in [5, 5.41) is 10.7. The second-order valence-corrected chi connectivity index (χ2v) is 7.70. The van der Waals surface area contributed by atoms with E-state index in [2.05, 4.69) is 32.8 Å². The number of halogens is 1. The fraction of sp³-hybridized carbons (Fsp3) is 0.350. The molecular formula is C20H19BrN2O2. The average Bonchev–Trinajstić information content (AvgIpc) is 3.08. The minimum Gasteiger partial charge on any atom is -0.511 e. The van der Waals surface area contributed by atoms with Gasteiger partial charge in [-0.1, -0.05) is 19.1 Å². The van der Waals surface area contributed by atoms with Crippen molar-refractivity contribution in [2.75, 3.05) is 0 Å². The van der Waals surface area contributed by atoms with Crippen LogP contribution in [0.15, 0.2) is 40.8 Å². The van der Waals surface area contributed by atoms with Crippen molar-refractivity contribution in [2.45, 2.75) is 32.6 Å². The topological polar surface area (TPSA) is 63.1 Å². The second kappa shape index (κ2) is 6.37. The van der Waals surface area contributed by atoms with Crippen LogP contribution in [0.1, 0.15) is 37.3 Å².